The van der Waals surface area contributed by atoms with E-state index in [1.807, 2.05) is 0 Å². The number of aliphatic hydroxyl groups is 7. The Labute approximate surface area is 365 Å². The van der Waals surface area contributed by atoms with Crippen molar-refractivity contribution in [2.24, 2.45) is 0 Å². The normalized spacial score (nSPS) is 21.9. The van der Waals surface area contributed by atoms with Gasteiger partial charge < -0.3 is 50.5 Å². The van der Waals surface area contributed by atoms with Gasteiger partial charge in [0.2, 0.25) is 5.91 Å². The summed E-state index contributed by atoms with van der Waals surface area (Å²) in [5.41, 5.74) is 0. The summed E-state index contributed by atoms with van der Waals surface area (Å²) in [7, 11) is 0. The summed E-state index contributed by atoms with van der Waals surface area (Å²) < 4.78 is 11.1. The number of carbonyl (C=O) groups excluding carboxylic acids is 1. The van der Waals surface area contributed by atoms with Crippen LogP contribution in [0.4, 0.5) is 0 Å². The van der Waals surface area contributed by atoms with Crippen LogP contribution in [0.15, 0.2) is 36.5 Å². The van der Waals surface area contributed by atoms with Crippen LogP contribution >= 0.6 is 0 Å². The third-order valence-corrected chi connectivity index (χ3v) is 11.6. The Hall–Kier alpha value is -1.67. The summed E-state index contributed by atoms with van der Waals surface area (Å²) in [6.45, 7) is 3.41. The molecule has 11 nitrogen and oxygen atoms in total. The first-order valence-corrected chi connectivity index (χ1v) is 24.4. The quantitative estimate of drug-likeness (QED) is 0.0220. The summed E-state index contributed by atoms with van der Waals surface area (Å²) >= 11 is 0. The molecule has 1 saturated heterocycles. The monoisotopic (exact) mass is 854 g/mol. The predicted octanol–water partition coefficient (Wildman–Crippen LogP) is 8.39. The molecule has 0 aliphatic carbocycles. The van der Waals surface area contributed by atoms with E-state index in [1.54, 1.807) is 0 Å². The first-order chi connectivity index (χ1) is 29.2. The van der Waals surface area contributed by atoms with Crippen LogP contribution in [-0.2, 0) is 14.3 Å². The summed E-state index contributed by atoms with van der Waals surface area (Å²) in [5, 5.41) is 75.7. The lowest BCUT2D eigenvalue weighted by Crippen LogP contribution is -2.60. The third-order valence-electron chi connectivity index (χ3n) is 11.6. The molecular formula is C49H91NO10. The molecule has 0 bridgehead atoms. The smallest absolute Gasteiger partial charge is 0.249 e. The van der Waals surface area contributed by atoms with E-state index in [1.165, 1.54) is 103 Å². The van der Waals surface area contributed by atoms with Crippen molar-refractivity contribution < 1.29 is 50.0 Å². The van der Waals surface area contributed by atoms with Crippen molar-refractivity contribution >= 4 is 5.91 Å². The Morgan fingerprint density at radius 1 is 0.567 bits per heavy atom. The van der Waals surface area contributed by atoms with E-state index in [9.17, 15) is 40.5 Å². The summed E-state index contributed by atoms with van der Waals surface area (Å²) in [6.07, 6.45) is 33.3. The van der Waals surface area contributed by atoms with Gasteiger partial charge in [0.15, 0.2) is 6.29 Å². The second-order valence-electron chi connectivity index (χ2n) is 17.2. The molecular weight excluding hydrogens is 763 g/mol. The third kappa shape index (κ3) is 28.1. The number of unbranched alkanes of at least 4 members (excludes halogenated alkanes) is 22. The molecule has 1 aliphatic rings. The van der Waals surface area contributed by atoms with Crippen molar-refractivity contribution in [1.82, 2.24) is 5.32 Å². The molecule has 0 aromatic heterocycles. The highest BCUT2D eigenvalue weighted by Gasteiger charge is 2.44. The first-order valence-electron chi connectivity index (χ1n) is 24.4. The Balaban J connectivity index is 2.48. The Morgan fingerprint density at radius 3 is 1.48 bits per heavy atom. The average Bonchev–Trinajstić information content (AvgIpc) is 3.25. The molecule has 1 fully saturated rings. The van der Waals surface area contributed by atoms with Gasteiger partial charge in [0, 0.05) is 0 Å². The van der Waals surface area contributed by atoms with Crippen molar-refractivity contribution in [2.45, 2.75) is 255 Å². The zero-order valence-electron chi connectivity index (χ0n) is 37.9. The summed E-state index contributed by atoms with van der Waals surface area (Å²) in [4.78, 5) is 13.1. The largest absolute Gasteiger partial charge is 0.394 e. The lowest BCUT2D eigenvalue weighted by Gasteiger charge is -2.40. The maximum atomic E-state index is 13.1. The number of hydrogen-bond acceptors (Lipinski definition) is 10. The number of hydrogen-bond donors (Lipinski definition) is 8. The molecule has 0 spiro atoms. The van der Waals surface area contributed by atoms with Crippen LogP contribution in [0.5, 0.6) is 0 Å². The highest BCUT2D eigenvalue weighted by molar-refractivity contribution is 5.80. The zero-order chi connectivity index (χ0) is 44.1. The molecule has 1 amide bonds. The minimum absolute atomic E-state index is 0.236. The molecule has 0 aromatic carbocycles. The molecule has 352 valence electrons. The second kappa shape index (κ2) is 39.0. The fourth-order valence-electron chi connectivity index (χ4n) is 7.57. The van der Waals surface area contributed by atoms with Crippen molar-refractivity contribution in [1.29, 1.82) is 0 Å². The summed E-state index contributed by atoms with van der Waals surface area (Å²) in [6, 6.07) is -1.19. The molecule has 1 rings (SSSR count). The van der Waals surface area contributed by atoms with Crippen LogP contribution in [0.3, 0.4) is 0 Å². The molecule has 60 heavy (non-hydrogen) atoms. The van der Waals surface area contributed by atoms with E-state index >= 15 is 0 Å². The van der Waals surface area contributed by atoms with Crippen LogP contribution in [-0.4, -0.2) is 110 Å². The van der Waals surface area contributed by atoms with Crippen molar-refractivity contribution in [3.63, 3.8) is 0 Å². The molecule has 9 atom stereocenters. The molecule has 0 aromatic rings. The molecule has 11 heteroatoms. The number of amides is 1. The van der Waals surface area contributed by atoms with Gasteiger partial charge in [-0.25, -0.2) is 0 Å². The van der Waals surface area contributed by atoms with E-state index in [0.29, 0.717) is 19.3 Å². The van der Waals surface area contributed by atoms with Gasteiger partial charge in [0.05, 0.1) is 25.4 Å². The topological polar surface area (TPSA) is 189 Å². The number of aliphatic hydroxyl groups excluding tert-OH is 7. The van der Waals surface area contributed by atoms with Crippen LogP contribution in [0.25, 0.3) is 0 Å². The minimum atomic E-state index is -1.67. The minimum Gasteiger partial charge on any atom is -0.394 e. The van der Waals surface area contributed by atoms with Gasteiger partial charge in [0.1, 0.15) is 36.6 Å². The van der Waals surface area contributed by atoms with Gasteiger partial charge in [-0.1, -0.05) is 159 Å². The molecule has 9 unspecified atom stereocenters. The van der Waals surface area contributed by atoms with E-state index in [4.69, 9.17) is 9.47 Å². The Morgan fingerprint density at radius 2 is 1.00 bits per heavy atom. The van der Waals surface area contributed by atoms with Gasteiger partial charge in [0.25, 0.3) is 0 Å². The van der Waals surface area contributed by atoms with E-state index in [-0.39, 0.29) is 12.8 Å². The lowest BCUT2D eigenvalue weighted by atomic mass is 9.98. The van der Waals surface area contributed by atoms with Gasteiger partial charge >= 0.3 is 0 Å². The number of rotatable bonds is 40. The number of carbonyl (C=O) groups is 1. The fourth-order valence-corrected chi connectivity index (χ4v) is 7.57. The van der Waals surface area contributed by atoms with E-state index in [0.717, 1.165) is 51.4 Å². The second-order valence-corrected chi connectivity index (χ2v) is 17.2. The molecule has 1 aliphatic heterocycles. The molecule has 0 radical (unpaired) electrons. The van der Waals surface area contributed by atoms with Crippen LogP contribution in [0.1, 0.15) is 200 Å². The van der Waals surface area contributed by atoms with Gasteiger partial charge in [-0.2, -0.15) is 0 Å². The van der Waals surface area contributed by atoms with Gasteiger partial charge in [-0.3, -0.25) is 4.79 Å². The Kier molecular flexibility index (Phi) is 36.6. The number of nitrogens with one attached hydrogen (secondary N) is 1. The standard InChI is InChI=1S/C49H91NO10/c1-3-5-7-9-11-13-15-17-19-20-21-23-24-26-28-30-32-34-36-41(52)44(54)40(39-59-49-47(57)46(56)45(55)43(38-51)60-49)50-48(58)42(53)37-35-33-31-29-27-25-22-18-16-14-12-10-8-6-4-2/h21-23,25,28,30,40-47,49,51-57H,3-20,24,26-27,29,31-39H2,1-2H3,(H,50,58)/b23-21+,25-22-,30-28+. The van der Waals surface area contributed by atoms with Crippen LogP contribution in [0, 0.1) is 0 Å². The zero-order valence-corrected chi connectivity index (χ0v) is 37.9. The van der Waals surface area contributed by atoms with Crippen molar-refractivity contribution in [3.8, 4) is 0 Å². The van der Waals surface area contributed by atoms with Crippen molar-refractivity contribution in [3.05, 3.63) is 36.5 Å². The highest BCUT2D eigenvalue weighted by atomic mass is 16.7. The van der Waals surface area contributed by atoms with Crippen LogP contribution < -0.4 is 5.32 Å². The van der Waals surface area contributed by atoms with Gasteiger partial charge in [-0.15, -0.1) is 0 Å². The molecule has 8 N–H and O–H groups in total. The fraction of sp³-hybridized carbons (Fsp3) is 0.857. The maximum Gasteiger partial charge on any atom is 0.249 e. The van der Waals surface area contributed by atoms with Crippen molar-refractivity contribution in [2.75, 3.05) is 13.2 Å². The summed E-state index contributed by atoms with van der Waals surface area (Å²) in [5.74, 6) is -0.720. The van der Waals surface area contributed by atoms with E-state index in [2.05, 4.69) is 55.6 Å². The van der Waals surface area contributed by atoms with Crippen LogP contribution in [0.2, 0.25) is 0 Å². The highest BCUT2D eigenvalue weighted by Crippen LogP contribution is 2.23. The van der Waals surface area contributed by atoms with E-state index < -0.39 is 74.2 Å². The predicted molar refractivity (Wildman–Crippen MR) is 242 cm³/mol. The molecule has 0 saturated carbocycles. The first kappa shape index (κ1) is 56.3. The van der Waals surface area contributed by atoms with Gasteiger partial charge in [-0.05, 0) is 77.0 Å². The SMILES string of the molecule is CCCCCCCCC/C=C\CCCCCCC(O)C(=O)NC(COC1OC(CO)C(O)C(O)C1O)C(O)C(O)CCC/C=C/CC/C=C/CCCCCCCCCCC. The lowest BCUT2D eigenvalue weighted by molar-refractivity contribution is -0.303. The Bertz CT molecular complexity index is 1070. The number of allylic oxidation sites excluding steroid dienone is 6. The average molecular weight is 854 g/mol. The molecule has 1 heterocycles. The maximum absolute atomic E-state index is 13.1. The number of ether oxygens (including phenoxy) is 2.